The molecule has 0 unspecified atom stereocenters. The summed E-state index contributed by atoms with van der Waals surface area (Å²) in [5, 5.41) is 6.27. The SMILES string of the molecule is COc1ccc(NC(=O)c2oc3ccccc3c2NC(=O)[C@@H]2CCCO2)cc1. The molecule has 0 saturated carbocycles. The third-order valence-corrected chi connectivity index (χ3v) is 4.62. The standard InChI is InChI=1S/C21H20N2O5/c1-26-14-10-8-13(9-11-14)22-21(25)19-18(15-5-2-3-6-16(15)28-19)23-20(24)17-7-4-12-27-17/h2-3,5-6,8-11,17H,4,7,12H2,1H3,(H,22,25)(H,23,24)/t17-/m0/s1. The fourth-order valence-electron chi connectivity index (χ4n) is 3.18. The van der Waals surface area contributed by atoms with E-state index in [4.69, 9.17) is 13.9 Å². The Kier molecular flexibility index (Phi) is 4.99. The number of benzene rings is 2. The Morgan fingerprint density at radius 1 is 1.07 bits per heavy atom. The lowest BCUT2D eigenvalue weighted by Crippen LogP contribution is -2.27. The zero-order valence-electron chi connectivity index (χ0n) is 15.4. The number of amides is 2. The van der Waals surface area contributed by atoms with Crippen molar-refractivity contribution in [3.63, 3.8) is 0 Å². The molecule has 2 amide bonds. The summed E-state index contributed by atoms with van der Waals surface area (Å²) in [6.45, 7) is 0.565. The maximum Gasteiger partial charge on any atom is 0.293 e. The summed E-state index contributed by atoms with van der Waals surface area (Å²) in [5.74, 6) is 0.00109. The summed E-state index contributed by atoms with van der Waals surface area (Å²) in [4.78, 5) is 25.4. The van der Waals surface area contributed by atoms with E-state index in [-0.39, 0.29) is 11.7 Å². The predicted octanol–water partition coefficient (Wildman–Crippen LogP) is 3.81. The smallest absolute Gasteiger partial charge is 0.293 e. The summed E-state index contributed by atoms with van der Waals surface area (Å²) >= 11 is 0. The highest BCUT2D eigenvalue weighted by molar-refractivity contribution is 6.15. The van der Waals surface area contributed by atoms with Gasteiger partial charge in [-0.2, -0.15) is 0 Å². The molecule has 7 heteroatoms. The van der Waals surface area contributed by atoms with Gasteiger partial charge in [0.15, 0.2) is 0 Å². The second kappa shape index (κ2) is 7.74. The van der Waals surface area contributed by atoms with Gasteiger partial charge in [-0.3, -0.25) is 9.59 Å². The van der Waals surface area contributed by atoms with Crippen molar-refractivity contribution in [2.24, 2.45) is 0 Å². The molecule has 2 aromatic carbocycles. The second-order valence-electron chi connectivity index (χ2n) is 6.48. The van der Waals surface area contributed by atoms with Crippen LogP contribution in [0.3, 0.4) is 0 Å². The van der Waals surface area contributed by atoms with Crippen LogP contribution in [0.5, 0.6) is 5.75 Å². The Hall–Kier alpha value is -3.32. The Morgan fingerprint density at radius 3 is 2.57 bits per heavy atom. The van der Waals surface area contributed by atoms with Gasteiger partial charge < -0.3 is 24.5 Å². The summed E-state index contributed by atoms with van der Waals surface area (Å²) in [6, 6.07) is 14.1. The van der Waals surface area contributed by atoms with E-state index in [0.717, 1.165) is 6.42 Å². The van der Waals surface area contributed by atoms with E-state index < -0.39 is 12.0 Å². The van der Waals surface area contributed by atoms with Crippen LogP contribution in [-0.4, -0.2) is 31.6 Å². The topological polar surface area (TPSA) is 89.8 Å². The van der Waals surface area contributed by atoms with Gasteiger partial charge in [-0.15, -0.1) is 0 Å². The van der Waals surface area contributed by atoms with E-state index in [1.54, 1.807) is 43.5 Å². The lowest BCUT2D eigenvalue weighted by Gasteiger charge is -2.11. The lowest BCUT2D eigenvalue weighted by atomic mass is 10.2. The Bertz CT molecular complexity index is 1000. The number of hydrogen-bond donors (Lipinski definition) is 2. The minimum Gasteiger partial charge on any atom is -0.497 e. The summed E-state index contributed by atoms with van der Waals surface area (Å²) in [6.07, 6.45) is 0.996. The van der Waals surface area contributed by atoms with Gasteiger partial charge in [0.25, 0.3) is 11.8 Å². The van der Waals surface area contributed by atoms with Crippen LogP contribution >= 0.6 is 0 Å². The summed E-state index contributed by atoms with van der Waals surface area (Å²) < 4.78 is 16.3. The molecule has 7 nitrogen and oxygen atoms in total. The maximum absolute atomic E-state index is 12.8. The molecule has 4 rings (SSSR count). The third-order valence-electron chi connectivity index (χ3n) is 4.62. The molecule has 1 atom stereocenters. The molecule has 1 aliphatic rings. The number of fused-ring (bicyclic) bond motifs is 1. The second-order valence-corrected chi connectivity index (χ2v) is 6.48. The molecule has 0 spiro atoms. The third kappa shape index (κ3) is 3.57. The first-order valence-electron chi connectivity index (χ1n) is 9.05. The van der Waals surface area contributed by atoms with Crippen LogP contribution in [0, 0.1) is 0 Å². The molecule has 1 aromatic heterocycles. The van der Waals surface area contributed by atoms with Crippen LogP contribution in [0.25, 0.3) is 11.0 Å². The van der Waals surface area contributed by atoms with Crippen LogP contribution < -0.4 is 15.4 Å². The molecule has 0 radical (unpaired) electrons. The van der Waals surface area contributed by atoms with E-state index in [2.05, 4.69) is 10.6 Å². The van der Waals surface area contributed by atoms with Crippen molar-refractivity contribution in [2.45, 2.75) is 18.9 Å². The van der Waals surface area contributed by atoms with E-state index >= 15 is 0 Å². The highest BCUT2D eigenvalue weighted by Gasteiger charge is 2.28. The van der Waals surface area contributed by atoms with Gasteiger partial charge in [0.05, 0.1) is 7.11 Å². The van der Waals surface area contributed by atoms with Gasteiger partial charge in [-0.25, -0.2) is 0 Å². The van der Waals surface area contributed by atoms with Crippen molar-refractivity contribution in [3.8, 4) is 5.75 Å². The van der Waals surface area contributed by atoms with Crippen molar-refractivity contribution < 1.29 is 23.5 Å². The van der Waals surface area contributed by atoms with Gasteiger partial charge in [0, 0.05) is 17.7 Å². The monoisotopic (exact) mass is 380 g/mol. The molecule has 1 fully saturated rings. The number of anilines is 2. The van der Waals surface area contributed by atoms with E-state index in [0.29, 0.717) is 41.1 Å². The largest absolute Gasteiger partial charge is 0.497 e. The first-order chi connectivity index (χ1) is 13.7. The average Bonchev–Trinajstić information content (AvgIpc) is 3.37. The number of rotatable bonds is 5. The Balaban J connectivity index is 1.63. The fraction of sp³-hybridized carbons (Fsp3) is 0.238. The van der Waals surface area contributed by atoms with Crippen molar-refractivity contribution in [1.29, 1.82) is 0 Å². The van der Waals surface area contributed by atoms with Crippen molar-refractivity contribution in [2.75, 3.05) is 24.4 Å². The van der Waals surface area contributed by atoms with E-state index in [1.807, 2.05) is 12.1 Å². The van der Waals surface area contributed by atoms with Crippen molar-refractivity contribution in [1.82, 2.24) is 0 Å². The maximum atomic E-state index is 12.8. The van der Waals surface area contributed by atoms with Crippen LogP contribution in [0.2, 0.25) is 0 Å². The van der Waals surface area contributed by atoms with Gasteiger partial charge >= 0.3 is 0 Å². The Morgan fingerprint density at radius 2 is 1.86 bits per heavy atom. The fourth-order valence-corrected chi connectivity index (χ4v) is 3.18. The number of hydrogen-bond acceptors (Lipinski definition) is 5. The number of para-hydroxylation sites is 1. The first kappa shape index (κ1) is 18.1. The zero-order valence-corrected chi connectivity index (χ0v) is 15.4. The normalized spacial score (nSPS) is 16.1. The number of methoxy groups -OCH3 is 1. The van der Waals surface area contributed by atoms with Crippen LogP contribution in [0.4, 0.5) is 11.4 Å². The number of nitrogens with one attached hydrogen (secondary N) is 2. The average molecular weight is 380 g/mol. The molecule has 144 valence electrons. The minimum absolute atomic E-state index is 0.0448. The number of ether oxygens (including phenoxy) is 2. The number of furan rings is 1. The molecule has 3 aromatic rings. The van der Waals surface area contributed by atoms with E-state index in [1.165, 1.54) is 0 Å². The number of carbonyl (C=O) groups is 2. The molecular weight excluding hydrogens is 360 g/mol. The van der Waals surface area contributed by atoms with Crippen LogP contribution in [0.1, 0.15) is 23.4 Å². The zero-order chi connectivity index (χ0) is 19.5. The van der Waals surface area contributed by atoms with Crippen molar-refractivity contribution >= 4 is 34.2 Å². The molecule has 1 aliphatic heterocycles. The molecule has 2 N–H and O–H groups in total. The highest BCUT2D eigenvalue weighted by Crippen LogP contribution is 2.32. The quantitative estimate of drug-likeness (QED) is 0.702. The van der Waals surface area contributed by atoms with Crippen LogP contribution in [-0.2, 0) is 9.53 Å². The summed E-state index contributed by atoms with van der Waals surface area (Å²) in [5.41, 5.74) is 1.45. The predicted molar refractivity (Wildman–Crippen MR) is 105 cm³/mol. The molecule has 2 heterocycles. The van der Waals surface area contributed by atoms with E-state index in [9.17, 15) is 9.59 Å². The molecule has 0 bridgehead atoms. The highest BCUT2D eigenvalue weighted by atomic mass is 16.5. The molecule has 28 heavy (non-hydrogen) atoms. The molecular formula is C21H20N2O5. The van der Waals surface area contributed by atoms with Crippen LogP contribution in [0.15, 0.2) is 52.9 Å². The van der Waals surface area contributed by atoms with Gasteiger partial charge in [0.2, 0.25) is 5.76 Å². The molecule has 0 aliphatic carbocycles. The molecule has 1 saturated heterocycles. The van der Waals surface area contributed by atoms with Crippen molar-refractivity contribution in [3.05, 3.63) is 54.3 Å². The lowest BCUT2D eigenvalue weighted by molar-refractivity contribution is -0.124. The van der Waals surface area contributed by atoms with Gasteiger partial charge in [-0.05, 0) is 49.2 Å². The first-order valence-corrected chi connectivity index (χ1v) is 9.05. The Labute approximate surface area is 161 Å². The van der Waals surface area contributed by atoms with Gasteiger partial charge in [0.1, 0.15) is 23.1 Å². The van der Waals surface area contributed by atoms with Gasteiger partial charge in [-0.1, -0.05) is 12.1 Å². The summed E-state index contributed by atoms with van der Waals surface area (Å²) in [7, 11) is 1.57. The minimum atomic E-state index is -0.508. The number of carbonyl (C=O) groups excluding carboxylic acids is 2.